The summed E-state index contributed by atoms with van der Waals surface area (Å²) in [6.07, 6.45) is 3.94. The van der Waals surface area contributed by atoms with Crippen molar-refractivity contribution in [2.75, 3.05) is 56.9 Å². The number of aromatic nitrogens is 2. The maximum Gasteiger partial charge on any atom is 0.501 e. The zero-order valence-corrected chi connectivity index (χ0v) is 37.4. The molecule has 2 N–H and O–H groups in total. The van der Waals surface area contributed by atoms with E-state index in [2.05, 4.69) is 48.0 Å². The number of fused-ring (bicyclic) bond motifs is 1. The van der Waals surface area contributed by atoms with E-state index in [9.17, 15) is 30.0 Å². The number of nitrogens with zero attached hydrogens (tertiary/aromatic N) is 5. The van der Waals surface area contributed by atoms with Crippen LogP contribution < -0.4 is 10.0 Å². The van der Waals surface area contributed by atoms with E-state index in [0.29, 0.717) is 54.8 Å². The number of benzene rings is 4. The molecule has 1 unspecified atom stereocenters. The fraction of sp³-hybridized carbons (Fsp3) is 0.378. The van der Waals surface area contributed by atoms with Crippen LogP contribution in [0.4, 0.5) is 24.7 Å². The van der Waals surface area contributed by atoms with E-state index < -0.39 is 46.9 Å². The van der Waals surface area contributed by atoms with Crippen LogP contribution in [0.5, 0.6) is 0 Å². The molecule has 1 saturated heterocycles. The summed E-state index contributed by atoms with van der Waals surface area (Å²) in [5, 5.41) is 3.61. The van der Waals surface area contributed by atoms with Gasteiger partial charge in [-0.25, -0.2) is 26.8 Å². The molecule has 1 fully saturated rings. The van der Waals surface area contributed by atoms with E-state index in [1.807, 2.05) is 79.7 Å². The Balaban J connectivity index is 1.03. The standard InChI is InChI=1S/C45H51ClF3N7O5S2/c1-54(2)22-18-36(30-61-29-32-8-4-3-5-9-32)52-41-17-16-38(26-43(41)62(57,58)45(47,48)49)63(59,60)53-44-40-21-25-56(28-42(40)50-31-51-44)37-19-23-55(24-20-37)27-34-10-6-7-11-39(34)33-12-14-35(46)15-13-33/h3-17,26,31,36-37,52H,18-25,27-30H2,1-2H3,(H,50,51,53). The number of sulfonamides is 1. The summed E-state index contributed by atoms with van der Waals surface area (Å²) in [6, 6.07) is 27.9. The second-order valence-corrected chi connectivity index (χ2v) is 20.2. The summed E-state index contributed by atoms with van der Waals surface area (Å²) >= 11 is 6.14. The summed E-state index contributed by atoms with van der Waals surface area (Å²) < 4.78 is 105. The van der Waals surface area contributed by atoms with Gasteiger partial charge in [-0.05, 0) is 112 Å². The molecule has 4 aromatic carbocycles. The number of nitrogens with one attached hydrogen (secondary N) is 2. The molecule has 2 aliphatic rings. The molecule has 1 aromatic heterocycles. The molecule has 0 aliphatic carbocycles. The van der Waals surface area contributed by atoms with Crippen molar-refractivity contribution in [2.24, 2.45) is 0 Å². The van der Waals surface area contributed by atoms with Crippen molar-refractivity contribution in [3.63, 3.8) is 0 Å². The van der Waals surface area contributed by atoms with Gasteiger partial charge < -0.3 is 15.0 Å². The second-order valence-electron chi connectivity index (χ2n) is 16.2. The third-order valence-electron chi connectivity index (χ3n) is 11.5. The summed E-state index contributed by atoms with van der Waals surface area (Å²) in [4.78, 5) is 13.5. The largest absolute Gasteiger partial charge is 0.501 e. The van der Waals surface area contributed by atoms with E-state index in [4.69, 9.17) is 16.3 Å². The second kappa shape index (κ2) is 20.0. The first-order valence-corrected chi connectivity index (χ1v) is 24.1. The van der Waals surface area contributed by atoms with Crippen molar-refractivity contribution in [3.8, 4) is 11.1 Å². The normalized spacial score (nSPS) is 16.2. The van der Waals surface area contributed by atoms with Crippen LogP contribution in [-0.2, 0) is 50.7 Å². The van der Waals surface area contributed by atoms with Crippen LogP contribution in [0.1, 0.15) is 41.6 Å². The molecule has 0 saturated carbocycles. The Morgan fingerprint density at radius 1 is 0.905 bits per heavy atom. The zero-order valence-electron chi connectivity index (χ0n) is 35.1. The number of piperidine rings is 1. The highest BCUT2D eigenvalue weighted by atomic mass is 35.5. The maximum atomic E-state index is 14.2. The van der Waals surface area contributed by atoms with Gasteiger partial charge >= 0.3 is 5.51 Å². The first kappa shape index (κ1) is 46.4. The summed E-state index contributed by atoms with van der Waals surface area (Å²) in [6.45, 7) is 4.47. The average Bonchev–Trinajstić information content (AvgIpc) is 3.26. The Bertz CT molecular complexity index is 2560. The highest BCUT2D eigenvalue weighted by molar-refractivity contribution is 7.93. The first-order chi connectivity index (χ1) is 30.1. The predicted molar refractivity (Wildman–Crippen MR) is 239 cm³/mol. The molecule has 18 heteroatoms. The lowest BCUT2D eigenvalue weighted by atomic mass is 9.96. The predicted octanol–water partition coefficient (Wildman–Crippen LogP) is 7.86. The van der Waals surface area contributed by atoms with Crippen LogP contribution >= 0.6 is 11.6 Å². The molecular formula is C45H51ClF3N7O5S2. The van der Waals surface area contributed by atoms with Gasteiger partial charge in [0.1, 0.15) is 17.0 Å². The number of halogens is 4. The van der Waals surface area contributed by atoms with Crippen LogP contribution in [0.25, 0.3) is 11.1 Å². The SMILES string of the molecule is CN(C)CCC(COCc1ccccc1)Nc1ccc(S(=O)(=O)Nc2ncnc3c2CCN(C2CCN(Cc4ccccc4-c4ccc(Cl)cc4)CC2)C3)cc1S(=O)(=O)C(F)(F)F. The molecule has 336 valence electrons. The van der Waals surface area contributed by atoms with Crippen molar-refractivity contribution in [2.45, 2.75) is 72.8 Å². The molecule has 0 radical (unpaired) electrons. The van der Waals surface area contributed by atoms with E-state index >= 15 is 0 Å². The molecule has 2 aliphatic heterocycles. The highest BCUT2D eigenvalue weighted by Crippen LogP contribution is 2.37. The maximum absolute atomic E-state index is 14.2. The van der Waals surface area contributed by atoms with Crippen molar-refractivity contribution in [1.82, 2.24) is 24.7 Å². The Kier molecular flexibility index (Phi) is 14.8. The van der Waals surface area contributed by atoms with Crippen molar-refractivity contribution >= 4 is 43.0 Å². The van der Waals surface area contributed by atoms with Crippen LogP contribution in [0, 0.1) is 0 Å². The van der Waals surface area contributed by atoms with E-state index in [1.54, 1.807) is 0 Å². The fourth-order valence-corrected chi connectivity index (χ4v) is 10.3. The van der Waals surface area contributed by atoms with Gasteiger partial charge in [0.15, 0.2) is 0 Å². The number of rotatable bonds is 17. The molecular weight excluding hydrogens is 875 g/mol. The van der Waals surface area contributed by atoms with E-state index in [-0.39, 0.29) is 25.1 Å². The Labute approximate surface area is 372 Å². The molecule has 0 spiro atoms. The quantitative estimate of drug-likeness (QED) is 0.0944. The van der Waals surface area contributed by atoms with Gasteiger partial charge in [-0.3, -0.25) is 14.5 Å². The molecule has 7 rings (SSSR count). The van der Waals surface area contributed by atoms with Crippen LogP contribution in [0.15, 0.2) is 113 Å². The van der Waals surface area contributed by atoms with Gasteiger partial charge in [0, 0.05) is 36.3 Å². The first-order valence-electron chi connectivity index (χ1n) is 20.7. The number of hydrogen-bond acceptors (Lipinski definition) is 11. The van der Waals surface area contributed by atoms with Crippen molar-refractivity contribution in [1.29, 1.82) is 0 Å². The smallest absolute Gasteiger partial charge is 0.379 e. The molecule has 5 aromatic rings. The summed E-state index contributed by atoms with van der Waals surface area (Å²) in [7, 11) is -6.99. The zero-order chi connectivity index (χ0) is 44.8. The lowest BCUT2D eigenvalue weighted by Gasteiger charge is -2.40. The lowest BCUT2D eigenvalue weighted by molar-refractivity contribution is -0.0435. The molecule has 0 amide bonds. The van der Waals surface area contributed by atoms with Crippen LogP contribution in [0.2, 0.25) is 5.02 Å². The number of hydrogen-bond donors (Lipinski definition) is 2. The van der Waals surface area contributed by atoms with Crippen LogP contribution in [-0.4, -0.2) is 106 Å². The summed E-state index contributed by atoms with van der Waals surface area (Å²) in [5.41, 5.74) is -0.462. The number of likely N-dealkylation sites (tertiary alicyclic amines) is 1. The minimum Gasteiger partial charge on any atom is -0.379 e. The lowest BCUT2D eigenvalue weighted by Crippen LogP contribution is -2.46. The van der Waals surface area contributed by atoms with Crippen molar-refractivity contribution < 1.29 is 34.7 Å². The third kappa shape index (κ3) is 11.6. The van der Waals surface area contributed by atoms with E-state index in [1.165, 1.54) is 17.5 Å². The van der Waals surface area contributed by atoms with Crippen LogP contribution in [0.3, 0.4) is 0 Å². The third-order valence-corrected chi connectivity index (χ3v) is 14.6. The molecule has 63 heavy (non-hydrogen) atoms. The number of anilines is 2. The monoisotopic (exact) mass is 925 g/mol. The Morgan fingerprint density at radius 2 is 1.62 bits per heavy atom. The number of sulfone groups is 1. The van der Waals surface area contributed by atoms with Crippen molar-refractivity contribution in [3.05, 3.63) is 131 Å². The molecule has 0 bridgehead atoms. The van der Waals surface area contributed by atoms with Gasteiger partial charge in [0.25, 0.3) is 19.9 Å². The fourth-order valence-electron chi connectivity index (χ4n) is 8.07. The van der Waals surface area contributed by atoms with Gasteiger partial charge in [-0.2, -0.15) is 13.2 Å². The van der Waals surface area contributed by atoms with Gasteiger partial charge in [-0.1, -0.05) is 78.3 Å². The molecule has 3 heterocycles. The number of alkyl halides is 3. The topological polar surface area (TPSA) is 137 Å². The highest BCUT2D eigenvalue weighted by Gasteiger charge is 2.48. The Hall–Kier alpha value is -4.62. The summed E-state index contributed by atoms with van der Waals surface area (Å²) in [5.74, 6) is -0.00411. The van der Waals surface area contributed by atoms with Gasteiger partial charge in [-0.15, -0.1) is 0 Å². The molecule has 1 atom stereocenters. The minimum atomic E-state index is -6.01. The number of ether oxygens (including phenoxy) is 1. The van der Waals surface area contributed by atoms with E-state index in [0.717, 1.165) is 55.7 Å². The average molecular weight is 927 g/mol. The minimum absolute atomic E-state index is 0.00411. The van der Waals surface area contributed by atoms with Gasteiger partial charge in [0.2, 0.25) is 0 Å². The molecule has 12 nitrogen and oxygen atoms in total. The van der Waals surface area contributed by atoms with Gasteiger partial charge in [0.05, 0.1) is 35.5 Å². The Morgan fingerprint density at radius 3 is 2.33 bits per heavy atom.